The maximum absolute atomic E-state index is 5.81. The van der Waals surface area contributed by atoms with E-state index < -0.39 is 0 Å². The molecule has 0 fully saturated rings. The van der Waals surface area contributed by atoms with E-state index in [-0.39, 0.29) is 0 Å². The molecule has 3 aromatic rings. The van der Waals surface area contributed by atoms with Crippen molar-refractivity contribution >= 4 is 22.4 Å². The lowest BCUT2D eigenvalue weighted by atomic mass is 10.2. The third-order valence-corrected chi connectivity index (χ3v) is 3.64. The lowest BCUT2D eigenvalue weighted by molar-refractivity contribution is 0.795. The van der Waals surface area contributed by atoms with E-state index in [0.29, 0.717) is 0 Å². The van der Waals surface area contributed by atoms with Gasteiger partial charge in [0.2, 0.25) is 0 Å². The normalized spacial score (nSPS) is 11.0. The van der Waals surface area contributed by atoms with Gasteiger partial charge in [0.1, 0.15) is 5.82 Å². The number of anilines is 2. The van der Waals surface area contributed by atoms with Gasteiger partial charge in [-0.05, 0) is 49.7 Å². The van der Waals surface area contributed by atoms with E-state index in [0.717, 1.165) is 35.6 Å². The smallest absolute Gasteiger partial charge is 0.126 e. The molecule has 0 unspecified atom stereocenters. The van der Waals surface area contributed by atoms with E-state index in [2.05, 4.69) is 53.0 Å². The average molecular weight is 280 g/mol. The number of nitrogens with two attached hydrogens (primary N) is 1. The minimum Gasteiger partial charge on any atom is -0.399 e. The number of nitrogen functional groups attached to an aromatic ring is 1. The van der Waals surface area contributed by atoms with Crippen LogP contribution in [-0.4, -0.2) is 16.5 Å². The number of hydrogen-bond donors (Lipinski definition) is 2. The third kappa shape index (κ3) is 2.84. The van der Waals surface area contributed by atoms with Gasteiger partial charge in [0.15, 0.2) is 0 Å². The quantitative estimate of drug-likeness (QED) is 0.719. The molecule has 3 N–H and O–H groups in total. The first-order valence-corrected chi connectivity index (χ1v) is 7.21. The van der Waals surface area contributed by atoms with E-state index >= 15 is 0 Å². The van der Waals surface area contributed by atoms with Crippen LogP contribution in [0.1, 0.15) is 18.3 Å². The zero-order chi connectivity index (χ0) is 14.8. The molecule has 2 aromatic carbocycles. The monoisotopic (exact) mass is 280 g/mol. The molecule has 0 saturated carbocycles. The summed E-state index contributed by atoms with van der Waals surface area (Å²) in [5, 5.41) is 0. The van der Waals surface area contributed by atoms with Gasteiger partial charge >= 0.3 is 0 Å². The van der Waals surface area contributed by atoms with Crippen LogP contribution in [0.5, 0.6) is 0 Å². The summed E-state index contributed by atoms with van der Waals surface area (Å²) in [6.45, 7) is 5.96. The van der Waals surface area contributed by atoms with E-state index in [1.54, 1.807) is 0 Å². The van der Waals surface area contributed by atoms with E-state index in [4.69, 9.17) is 5.73 Å². The second-order valence-electron chi connectivity index (χ2n) is 5.31. The summed E-state index contributed by atoms with van der Waals surface area (Å²) in [6.07, 6.45) is 0. The second-order valence-corrected chi connectivity index (χ2v) is 5.31. The number of aromatic nitrogens is 2. The van der Waals surface area contributed by atoms with Crippen molar-refractivity contribution in [1.82, 2.24) is 9.97 Å². The predicted molar refractivity (Wildman–Crippen MR) is 88.4 cm³/mol. The number of benzene rings is 2. The summed E-state index contributed by atoms with van der Waals surface area (Å²) >= 11 is 0. The summed E-state index contributed by atoms with van der Waals surface area (Å²) in [4.78, 5) is 10.3. The minimum atomic E-state index is 0.753. The molecule has 3 rings (SSSR count). The number of aryl methyl sites for hydroxylation is 1. The molecule has 0 aliphatic carbocycles. The molecule has 1 heterocycles. The van der Waals surface area contributed by atoms with E-state index in [1.165, 1.54) is 11.3 Å². The van der Waals surface area contributed by atoms with Crippen LogP contribution in [0.4, 0.5) is 11.4 Å². The highest BCUT2D eigenvalue weighted by Crippen LogP contribution is 2.20. The fourth-order valence-corrected chi connectivity index (χ4v) is 2.55. The maximum atomic E-state index is 5.81. The largest absolute Gasteiger partial charge is 0.399 e. The van der Waals surface area contributed by atoms with Crippen LogP contribution in [0.15, 0.2) is 42.5 Å². The van der Waals surface area contributed by atoms with Crippen LogP contribution >= 0.6 is 0 Å². The van der Waals surface area contributed by atoms with Crippen LogP contribution in [0.2, 0.25) is 0 Å². The van der Waals surface area contributed by atoms with Crippen LogP contribution < -0.4 is 10.6 Å². The van der Waals surface area contributed by atoms with Gasteiger partial charge in [-0.15, -0.1) is 0 Å². The highest BCUT2D eigenvalue weighted by atomic mass is 15.1. The number of nitrogens with one attached hydrogen (secondary N) is 1. The first-order valence-electron chi connectivity index (χ1n) is 7.21. The number of nitrogens with zero attached hydrogens (tertiary/aromatic N) is 2. The molecule has 0 aliphatic rings. The first-order chi connectivity index (χ1) is 10.2. The molecule has 108 valence electrons. The van der Waals surface area contributed by atoms with Gasteiger partial charge in [-0.25, -0.2) is 4.98 Å². The summed E-state index contributed by atoms with van der Waals surface area (Å²) in [5.74, 6) is 0.957. The van der Waals surface area contributed by atoms with Crippen molar-refractivity contribution in [2.24, 2.45) is 0 Å². The van der Waals surface area contributed by atoms with Crippen molar-refractivity contribution in [3.8, 4) is 0 Å². The molecule has 0 spiro atoms. The summed E-state index contributed by atoms with van der Waals surface area (Å²) in [7, 11) is 0. The van der Waals surface area contributed by atoms with Crippen molar-refractivity contribution in [2.75, 3.05) is 17.2 Å². The van der Waals surface area contributed by atoms with Crippen molar-refractivity contribution < 1.29 is 0 Å². The molecule has 0 aliphatic heterocycles. The van der Waals surface area contributed by atoms with E-state index in [9.17, 15) is 0 Å². The van der Waals surface area contributed by atoms with Crippen LogP contribution in [0, 0.1) is 6.92 Å². The minimum absolute atomic E-state index is 0.753. The highest BCUT2D eigenvalue weighted by Gasteiger charge is 2.09. The van der Waals surface area contributed by atoms with Gasteiger partial charge in [0.05, 0.1) is 17.6 Å². The van der Waals surface area contributed by atoms with Crippen molar-refractivity contribution in [3.05, 3.63) is 53.9 Å². The number of imidazole rings is 1. The third-order valence-electron chi connectivity index (χ3n) is 3.64. The molecule has 0 saturated heterocycles. The molecule has 0 radical (unpaired) electrons. The SMILES string of the molecule is CCN(Cc1nc2ccc(N)cc2[nH]1)c1cccc(C)c1. The Morgan fingerprint density at radius 1 is 1.19 bits per heavy atom. The number of H-pyrrole nitrogens is 1. The van der Waals surface area contributed by atoms with Gasteiger partial charge < -0.3 is 15.6 Å². The Hall–Kier alpha value is -2.49. The second kappa shape index (κ2) is 5.48. The standard InChI is InChI=1S/C17H20N4/c1-3-21(14-6-4-5-12(2)9-14)11-17-19-15-8-7-13(18)10-16(15)20-17/h4-10H,3,11,18H2,1-2H3,(H,19,20). The summed E-state index contributed by atoms with van der Waals surface area (Å²) in [5.41, 5.74) is 11.0. The number of hydrogen-bond acceptors (Lipinski definition) is 3. The van der Waals surface area contributed by atoms with Crippen LogP contribution in [0.25, 0.3) is 11.0 Å². The molecule has 4 heteroatoms. The topological polar surface area (TPSA) is 57.9 Å². The molecule has 4 nitrogen and oxygen atoms in total. The molecule has 0 bridgehead atoms. The van der Waals surface area contributed by atoms with Gasteiger partial charge in [-0.3, -0.25) is 0 Å². The summed E-state index contributed by atoms with van der Waals surface area (Å²) in [6, 6.07) is 14.3. The summed E-state index contributed by atoms with van der Waals surface area (Å²) < 4.78 is 0. The Morgan fingerprint density at radius 3 is 2.81 bits per heavy atom. The maximum Gasteiger partial charge on any atom is 0.126 e. The fraction of sp³-hybridized carbons (Fsp3) is 0.235. The Kier molecular flexibility index (Phi) is 3.52. The number of rotatable bonds is 4. The Labute approximate surface area is 124 Å². The van der Waals surface area contributed by atoms with Gasteiger partial charge in [-0.1, -0.05) is 12.1 Å². The number of aromatic amines is 1. The predicted octanol–water partition coefficient (Wildman–Crippen LogP) is 3.48. The Bertz CT molecular complexity index is 760. The lowest BCUT2D eigenvalue weighted by Gasteiger charge is -2.22. The van der Waals surface area contributed by atoms with Crippen LogP contribution in [-0.2, 0) is 6.54 Å². The molecular weight excluding hydrogens is 260 g/mol. The van der Waals surface area contributed by atoms with Gasteiger partial charge in [0, 0.05) is 17.9 Å². The Balaban J connectivity index is 1.88. The Morgan fingerprint density at radius 2 is 2.05 bits per heavy atom. The van der Waals surface area contributed by atoms with E-state index in [1.807, 2.05) is 18.2 Å². The molecule has 21 heavy (non-hydrogen) atoms. The van der Waals surface area contributed by atoms with Crippen molar-refractivity contribution in [3.63, 3.8) is 0 Å². The molecular formula is C17H20N4. The number of fused-ring (bicyclic) bond motifs is 1. The van der Waals surface area contributed by atoms with Gasteiger partial charge in [0.25, 0.3) is 0 Å². The van der Waals surface area contributed by atoms with Crippen LogP contribution in [0.3, 0.4) is 0 Å². The first kappa shape index (κ1) is 13.5. The van der Waals surface area contributed by atoms with Crippen molar-refractivity contribution in [1.29, 1.82) is 0 Å². The fourth-order valence-electron chi connectivity index (χ4n) is 2.55. The lowest BCUT2D eigenvalue weighted by Crippen LogP contribution is -2.22. The zero-order valence-corrected chi connectivity index (χ0v) is 12.4. The van der Waals surface area contributed by atoms with Crippen molar-refractivity contribution in [2.45, 2.75) is 20.4 Å². The molecule has 1 aromatic heterocycles. The average Bonchev–Trinajstić information content (AvgIpc) is 2.86. The molecule has 0 amide bonds. The molecule has 0 atom stereocenters. The highest BCUT2D eigenvalue weighted by molar-refractivity contribution is 5.78. The zero-order valence-electron chi connectivity index (χ0n) is 12.4. The van der Waals surface area contributed by atoms with Gasteiger partial charge in [-0.2, -0.15) is 0 Å².